The van der Waals surface area contributed by atoms with E-state index in [0.717, 1.165) is 56.8 Å². The fourth-order valence-electron chi connectivity index (χ4n) is 4.41. The second-order valence-corrected chi connectivity index (χ2v) is 7.62. The van der Waals surface area contributed by atoms with Crippen LogP contribution in [-0.4, -0.2) is 42.2 Å². The molecule has 1 unspecified atom stereocenters. The molecule has 0 amide bonds. The lowest BCUT2D eigenvalue weighted by Gasteiger charge is -2.36. The van der Waals surface area contributed by atoms with Crippen molar-refractivity contribution in [2.24, 2.45) is 0 Å². The summed E-state index contributed by atoms with van der Waals surface area (Å²) in [7, 11) is 0. The first kappa shape index (κ1) is 16.8. The van der Waals surface area contributed by atoms with Gasteiger partial charge in [-0.25, -0.2) is 0 Å². The molecular formula is C23H26N2O2. The van der Waals surface area contributed by atoms with Crippen molar-refractivity contribution in [3.8, 4) is 5.75 Å². The lowest BCUT2D eigenvalue weighted by atomic mass is 9.96. The molecule has 5 rings (SSSR count). The molecule has 2 aromatic carbocycles. The molecule has 3 aromatic rings. The zero-order valence-corrected chi connectivity index (χ0v) is 15.6. The molecule has 1 saturated heterocycles. The quantitative estimate of drug-likeness (QED) is 0.751. The van der Waals surface area contributed by atoms with Crippen LogP contribution in [0.1, 0.15) is 30.1 Å². The van der Waals surface area contributed by atoms with Gasteiger partial charge in [-0.05, 0) is 48.6 Å². The second kappa shape index (κ2) is 7.37. The van der Waals surface area contributed by atoms with Crippen molar-refractivity contribution in [2.45, 2.75) is 31.5 Å². The van der Waals surface area contributed by atoms with E-state index >= 15 is 0 Å². The van der Waals surface area contributed by atoms with Crippen molar-refractivity contribution in [3.63, 3.8) is 0 Å². The molecule has 27 heavy (non-hydrogen) atoms. The van der Waals surface area contributed by atoms with Crippen LogP contribution in [0.2, 0.25) is 0 Å². The zero-order chi connectivity index (χ0) is 18.1. The summed E-state index contributed by atoms with van der Waals surface area (Å²) in [6.07, 6.45) is 5.64. The first-order valence-electron chi connectivity index (χ1n) is 10.0. The van der Waals surface area contributed by atoms with Crippen LogP contribution in [0.3, 0.4) is 0 Å². The Morgan fingerprint density at radius 1 is 1.04 bits per heavy atom. The highest BCUT2D eigenvalue weighted by Gasteiger charge is 2.26. The minimum absolute atomic E-state index is 0.209. The largest absolute Gasteiger partial charge is 0.490 e. The third-order valence-corrected chi connectivity index (χ3v) is 5.90. The minimum atomic E-state index is 0.209. The van der Waals surface area contributed by atoms with E-state index in [2.05, 4.69) is 58.4 Å². The van der Waals surface area contributed by atoms with Crippen molar-refractivity contribution < 1.29 is 9.47 Å². The summed E-state index contributed by atoms with van der Waals surface area (Å²) < 4.78 is 12.4. The molecule has 0 bridgehead atoms. The van der Waals surface area contributed by atoms with Crippen LogP contribution in [0.15, 0.2) is 54.7 Å². The Hall–Kier alpha value is -2.30. The molecule has 0 aliphatic carbocycles. The first-order valence-corrected chi connectivity index (χ1v) is 10.0. The molecule has 4 nitrogen and oxygen atoms in total. The average Bonchev–Trinajstić information content (AvgIpc) is 3.20. The SMILES string of the molecule is c1ccc2c(c1)CCOC2CN1CCC(Oc2cccc3[nH]ccc23)CC1. The Kier molecular flexibility index (Phi) is 4.60. The standard InChI is InChI=1S/C23H26N2O2/c1-2-5-19-17(4-1)11-15-26-23(19)16-25-13-9-18(10-14-25)27-22-7-3-6-21-20(22)8-12-24-21/h1-8,12,18,23-24H,9-11,13-16H2. The monoisotopic (exact) mass is 362 g/mol. The molecule has 0 radical (unpaired) electrons. The molecule has 0 saturated carbocycles. The predicted molar refractivity (Wildman–Crippen MR) is 107 cm³/mol. The Labute approximate surface area is 160 Å². The smallest absolute Gasteiger partial charge is 0.129 e. The van der Waals surface area contributed by atoms with Crippen molar-refractivity contribution in [1.29, 1.82) is 0 Å². The summed E-state index contributed by atoms with van der Waals surface area (Å²) in [5.74, 6) is 0.997. The van der Waals surface area contributed by atoms with Gasteiger partial charge in [0.05, 0.1) is 12.7 Å². The summed E-state index contributed by atoms with van der Waals surface area (Å²) in [5, 5.41) is 1.17. The van der Waals surface area contributed by atoms with Gasteiger partial charge < -0.3 is 19.4 Å². The molecule has 2 aliphatic rings. The highest BCUT2D eigenvalue weighted by molar-refractivity contribution is 5.85. The van der Waals surface area contributed by atoms with Crippen LogP contribution in [0, 0.1) is 0 Å². The lowest BCUT2D eigenvalue weighted by molar-refractivity contribution is 0.00256. The Bertz CT molecular complexity index is 911. The number of hydrogen-bond donors (Lipinski definition) is 1. The third kappa shape index (κ3) is 3.47. The number of likely N-dealkylation sites (tertiary alicyclic amines) is 1. The third-order valence-electron chi connectivity index (χ3n) is 5.90. The summed E-state index contributed by atoms with van der Waals surface area (Å²) >= 11 is 0. The molecule has 2 aliphatic heterocycles. The van der Waals surface area contributed by atoms with Crippen LogP contribution in [0.4, 0.5) is 0 Å². The number of benzene rings is 2. The molecular weight excluding hydrogens is 336 g/mol. The molecule has 3 heterocycles. The highest BCUT2D eigenvalue weighted by atomic mass is 16.5. The number of piperidine rings is 1. The molecule has 1 atom stereocenters. The molecule has 140 valence electrons. The van der Waals surface area contributed by atoms with Crippen LogP contribution in [0.25, 0.3) is 10.9 Å². The van der Waals surface area contributed by atoms with Gasteiger partial charge in [0, 0.05) is 36.7 Å². The number of aromatic amines is 1. The summed E-state index contributed by atoms with van der Waals surface area (Å²) in [6.45, 7) is 3.95. The van der Waals surface area contributed by atoms with Crippen LogP contribution >= 0.6 is 0 Å². The van der Waals surface area contributed by atoms with E-state index in [1.807, 2.05) is 6.20 Å². The fraction of sp³-hybridized carbons (Fsp3) is 0.391. The van der Waals surface area contributed by atoms with E-state index in [1.54, 1.807) is 0 Å². The van der Waals surface area contributed by atoms with Gasteiger partial charge in [-0.1, -0.05) is 30.3 Å². The van der Waals surface area contributed by atoms with Gasteiger partial charge in [0.25, 0.3) is 0 Å². The minimum Gasteiger partial charge on any atom is -0.490 e. The molecule has 0 spiro atoms. The molecule has 4 heteroatoms. The number of nitrogens with one attached hydrogen (secondary N) is 1. The van der Waals surface area contributed by atoms with Crippen molar-refractivity contribution >= 4 is 10.9 Å². The molecule has 1 fully saturated rings. The highest BCUT2D eigenvalue weighted by Crippen LogP contribution is 2.30. The summed E-state index contributed by atoms with van der Waals surface area (Å²) in [5.41, 5.74) is 3.96. The number of H-pyrrole nitrogens is 1. The van der Waals surface area contributed by atoms with Crippen molar-refractivity contribution in [3.05, 3.63) is 65.9 Å². The topological polar surface area (TPSA) is 37.5 Å². The number of fused-ring (bicyclic) bond motifs is 2. The summed E-state index contributed by atoms with van der Waals surface area (Å²) in [4.78, 5) is 5.79. The average molecular weight is 362 g/mol. The number of ether oxygens (including phenoxy) is 2. The number of rotatable bonds is 4. The maximum atomic E-state index is 6.34. The fourth-order valence-corrected chi connectivity index (χ4v) is 4.41. The van der Waals surface area contributed by atoms with Gasteiger partial charge in [0.2, 0.25) is 0 Å². The first-order chi connectivity index (χ1) is 13.4. The Balaban J connectivity index is 1.19. The van der Waals surface area contributed by atoms with Gasteiger partial charge in [-0.3, -0.25) is 0 Å². The van der Waals surface area contributed by atoms with Crippen LogP contribution < -0.4 is 4.74 Å². The Morgan fingerprint density at radius 2 is 1.93 bits per heavy atom. The van der Waals surface area contributed by atoms with Crippen molar-refractivity contribution in [2.75, 3.05) is 26.2 Å². The van der Waals surface area contributed by atoms with Crippen LogP contribution in [0.5, 0.6) is 5.75 Å². The normalized spacial score (nSPS) is 21.3. The number of nitrogens with zero attached hydrogens (tertiary/aromatic N) is 1. The van der Waals surface area contributed by atoms with E-state index in [1.165, 1.54) is 16.5 Å². The second-order valence-electron chi connectivity index (χ2n) is 7.62. The zero-order valence-electron chi connectivity index (χ0n) is 15.6. The maximum Gasteiger partial charge on any atom is 0.129 e. The Morgan fingerprint density at radius 3 is 2.85 bits per heavy atom. The number of hydrogen-bond acceptors (Lipinski definition) is 3. The van der Waals surface area contributed by atoms with Gasteiger partial charge in [-0.2, -0.15) is 0 Å². The van der Waals surface area contributed by atoms with E-state index in [0.29, 0.717) is 6.10 Å². The lowest BCUT2D eigenvalue weighted by Crippen LogP contribution is -2.41. The van der Waals surface area contributed by atoms with Crippen molar-refractivity contribution in [1.82, 2.24) is 9.88 Å². The van der Waals surface area contributed by atoms with E-state index in [9.17, 15) is 0 Å². The van der Waals surface area contributed by atoms with Gasteiger partial charge in [0.15, 0.2) is 0 Å². The van der Waals surface area contributed by atoms with E-state index in [-0.39, 0.29) is 6.10 Å². The predicted octanol–water partition coefficient (Wildman–Crippen LogP) is 4.33. The molecule has 1 aromatic heterocycles. The van der Waals surface area contributed by atoms with E-state index in [4.69, 9.17) is 9.47 Å². The maximum absolute atomic E-state index is 6.34. The number of aromatic nitrogens is 1. The van der Waals surface area contributed by atoms with Crippen LogP contribution in [-0.2, 0) is 11.2 Å². The molecule has 1 N–H and O–H groups in total. The van der Waals surface area contributed by atoms with Gasteiger partial charge in [0.1, 0.15) is 11.9 Å². The summed E-state index contributed by atoms with van der Waals surface area (Å²) in [6, 6.07) is 17.1. The van der Waals surface area contributed by atoms with E-state index < -0.39 is 0 Å². The van der Waals surface area contributed by atoms with Gasteiger partial charge >= 0.3 is 0 Å². The van der Waals surface area contributed by atoms with Gasteiger partial charge in [-0.15, -0.1) is 0 Å².